The van der Waals surface area contributed by atoms with Gasteiger partial charge in [-0.05, 0) is 48.4 Å². The zero-order valence-electron chi connectivity index (χ0n) is 15.3. The molecule has 7 nitrogen and oxygen atoms in total. The molecule has 140 valence electrons. The Kier molecular flexibility index (Phi) is 5.71. The predicted molar refractivity (Wildman–Crippen MR) is 105 cm³/mol. The minimum atomic E-state index is -0.793. The lowest BCUT2D eigenvalue weighted by molar-refractivity contribution is -0.124. The number of nitrogens with one attached hydrogen (secondary N) is 3. The van der Waals surface area contributed by atoms with E-state index in [0.29, 0.717) is 11.4 Å². The first-order valence-electron chi connectivity index (χ1n) is 8.76. The Balaban J connectivity index is 1.68. The number of amides is 2. The molecule has 2 aromatic rings. The fourth-order valence-corrected chi connectivity index (χ4v) is 2.67. The van der Waals surface area contributed by atoms with E-state index in [0.717, 1.165) is 12.1 Å². The number of ether oxygens (including phenoxy) is 1. The fourth-order valence-electron chi connectivity index (χ4n) is 2.67. The van der Waals surface area contributed by atoms with Crippen LogP contribution in [0.15, 0.2) is 53.5 Å². The third-order valence-corrected chi connectivity index (χ3v) is 4.21. The normalized spacial score (nSPS) is 16.1. The van der Waals surface area contributed by atoms with Crippen molar-refractivity contribution < 1.29 is 14.3 Å². The first-order chi connectivity index (χ1) is 13.1. The molecule has 1 aliphatic rings. The minimum absolute atomic E-state index is 0.00193. The topological polar surface area (TPSA) is 91.8 Å². The zero-order valence-corrected chi connectivity index (χ0v) is 15.3. The maximum atomic E-state index is 12.5. The second-order valence-electron chi connectivity index (χ2n) is 6.14. The number of benzene rings is 2. The van der Waals surface area contributed by atoms with Crippen LogP contribution in [0.25, 0.3) is 0 Å². The number of hydrogen-bond acceptors (Lipinski definition) is 5. The van der Waals surface area contributed by atoms with Gasteiger partial charge >= 0.3 is 0 Å². The standard InChI is InChI=1S/C20H22N4O3/c1-3-13-4-6-15(7-5-13)22-20-23-17(12-18(25)24-20)19(26)21-14-8-10-16(27-2)11-9-14/h4-11,17H,3,12H2,1-2H3,(H,21,26)(H2,22,23,24,25)/t17-/m0/s1. The molecule has 0 unspecified atom stereocenters. The Morgan fingerprint density at radius 2 is 1.81 bits per heavy atom. The molecule has 0 spiro atoms. The SMILES string of the molecule is CCc1ccc(NC2=N[C@H](C(=O)Nc3ccc(OC)cc3)CC(=O)N2)cc1. The van der Waals surface area contributed by atoms with Crippen LogP contribution >= 0.6 is 0 Å². The van der Waals surface area contributed by atoms with Crippen molar-refractivity contribution in [3.8, 4) is 5.75 Å². The average Bonchev–Trinajstić information content (AvgIpc) is 2.68. The smallest absolute Gasteiger partial charge is 0.249 e. The number of aryl methyl sites for hydroxylation is 1. The van der Waals surface area contributed by atoms with Gasteiger partial charge in [0.05, 0.1) is 13.5 Å². The van der Waals surface area contributed by atoms with Crippen molar-refractivity contribution in [1.29, 1.82) is 0 Å². The third-order valence-electron chi connectivity index (χ3n) is 4.21. The van der Waals surface area contributed by atoms with Crippen molar-refractivity contribution in [2.75, 3.05) is 17.7 Å². The van der Waals surface area contributed by atoms with Crippen LogP contribution in [0.3, 0.4) is 0 Å². The maximum absolute atomic E-state index is 12.5. The molecule has 2 aromatic carbocycles. The molecule has 0 aromatic heterocycles. The van der Waals surface area contributed by atoms with Crippen LogP contribution in [0.4, 0.5) is 11.4 Å². The highest BCUT2D eigenvalue weighted by Gasteiger charge is 2.27. The second-order valence-corrected chi connectivity index (χ2v) is 6.14. The van der Waals surface area contributed by atoms with Crippen LogP contribution in [0.2, 0.25) is 0 Å². The quantitative estimate of drug-likeness (QED) is 0.758. The van der Waals surface area contributed by atoms with Gasteiger partial charge in [0.2, 0.25) is 17.8 Å². The van der Waals surface area contributed by atoms with Crippen molar-refractivity contribution in [3.63, 3.8) is 0 Å². The summed E-state index contributed by atoms with van der Waals surface area (Å²) in [4.78, 5) is 28.8. The molecule has 0 fully saturated rings. The summed E-state index contributed by atoms with van der Waals surface area (Å²) < 4.78 is 5.09. The number of aliphatic imine (C=N–C) groups is 1. The Morgan fingerprint density at radius 3 is 2.44 bits per heavy atom. The van der Waals surface area contributed by atoms with Gasteiger partial charge in [0, 0.05) is 11.4 Å². The predicted octanol–water partition coefficient (Wildman–Crippen LogP) is 2.55. The van der Waals surface area contributed by atoms with Gasteiger partial charge < -0.3 is 15.4 Å². The molecule has 2 amide bonds. The van der Waals surface area contributed by atoms with Crippen LogP contribution in [0.1, 0.15) is 18.9 Å². The number of hydrogen-bond donors (Lipinski definition) is 3. The van der Waals surface area contributed by atoms with Gasteiger partial charge in [-0.15, -0.1) is 0 Å². The lowest BCUT2D eigenvalue weighted by Crippen LogP contribution is -2.45. The molecular formula is C20H22N4O3. The molecule has 1 heterocycles. The molecule has 3 N–H and O–H groups in total. The highest BCUT2D eigenvalue weighted by molar-refractivity contribution is 6.10. The first kappa shape index (κ1) is 18.4. The van der Waals surface area contributed by atoms with E-state index in [4.69, 9.17) is 4.74 Å². The molecular weight excluding hydrogens is 344 g/mol. The van der Waals surface area contributed by atoms with E-state index < -0.39 is 6.04 Å². The van der Waals surface area contributed by atoms with Crippen LogP contribution in [-0.2, 0) is 16.0 Å². The van der Waals surface area contributed by atoms with Crippen molar-refractivity contribution >= 4 is 29.1 Å². The Bertz CT molecular complexity index is 845. The van der Waals surface area contributed by atoms with E-state index in [-0.39, 0.29) is 24.2 Å². The zero-order chi connectivity index (χ0) is 19.2. The van der Waals surface area contributed by atoms with E-state index in [1.807, 2.05) is 24.3 Å². The number of nitrogens with zero attached hydrogens (tertiary/aromatic N) is 1. The Morgan fingerprint density at radius 1 is 1.15 bits per heavy atom. The van der Waals surface area contributed by atoms with Gasteiger partial charge in [0.1, 0.15) is 11.8 Å². The molecule has 0 aliphatic carbocycles. The third kappa shape index (κ3) is 4.84. The number of carbonyl (C=O) groups is 2. The van der Waals surface area contributed by atoms with Crippen molar-refractivity contribution in [3.05, 3.63) is 54.1 Å². The summed E-state index contributed by atoms with van der Waals surface area (Å²) in [5, 5.41) is 8.48. The largest absolute Gasteiger partial charge is 0.497 e. The summed E-state index contributed by atoms with van der Waals surface area (Å²) in [5.41, 5.74) is 2.63. The van der Waals surface area contributed by atoms with Crippen molar-refractivity contribution in [1.82, 2.24) is 5.32 Å². The molecule has 27 heavy (non-hydrogen) atoms. The highest BCUT2D eigenvalue weighted by Crippen LogP contribution is 2.17. The summed E-state index contributed by atoms with van der Waals surface area (Å²) >= 11 is 0. The van der Waals surface area contributed by atoms with Gasteiger partial charge in [-0.1, -0.05) is 19.1 Å². The van der Waals surface area contributed by atoms with Crippen molar-refractivity contribution in [2.24, 2.45) is 4.99 Å². The fraction of sp³-hybridized carbons (Fsp3) is 0.250. The summed E-state index contributed by atoms with van der Waals surface area (Å²) in [5.74, 6) is 0.372. The molecule has 1 aliphatic heterocycles. The van der Waals surface area contributed by atoms with E-state index >= 15 is 0 Å². The highest BCUT2D eigenvalue weighted by atomic mass is 16.5. The average molecular weight is 366 g/mol. The van der Waals surface area contributed by atoms with E-state index in [9.17, 15) is 9.59 Å². The summed E-state index contributed by atoms with van der Waals surface area (Å²) in [7, 11) is 1.58. The van der Waals surface area contributed by atoms with Crippen LogP contribution in [0, 0.1) is 0 Å². The molecule has 0 saturated heterocycles. The lowest BCUT2D eigenvalue weighted by atomic mass is 10.1. The second kappa shape index (κ2) is 8.35. The lowest BCUT2D eigenvalue weighted by Gasteiger charge is -2.21. The number of methoxy groups -OCH3 is 1. The van der Waals surface area contributed by atoms with Crippen molar-refractivity contribution in [2.45, 2.75) is 25.8 Å². The van der Waals surface area contributed by atoms with Gasteiger partial charge in [0.25, 0.3) is 0 Å². The molecule has 3 rings (SSSR count). The number of anilines is 2. The molecule has 7 heteroatoms. The van der Waals surface area contributed by atoms with Gasteiger partial charge in [-0.25, -0.2) is 4.99 Å². The van der Waals surface area contributed by atoms with Gasteiger partial charge in [0.15, 0.2) is 0 Å². The van der Waals surface area contributed by atoms with Crippen LogP contribution in [0.5, 0.6) is 5.75 Å². The van der Waals surface area contributed by atoms with E-state index in [2.05, 4.69) is 27.9 Å². The number of rotatable bonds is 5. The maximum Gasteiger partial charge on any atom is 0.249 e. The van der Waals surface area contributed by atoms with Gasteiger partial charge in [-0.3, -0.25) is 14.9 Å². The van der Waals surface area contributed by atoms with E-state index in [1.165, 1.54) is 5.56 Å². The molecule has 1 atom stereocenters. The monoisotopic (exact) mass is 366 g/mol. The summed E-state index contributed by atoms with van der Waals surface area (Å²) in [6.07, 6.45) is 0.952. The summed E-state index contributed by atoms with van der Waals surface area (Å²) in [6.45, 7) is 2.08. The van der Waals surface area contributed by atoms with Gasteiger partial charge in [-0.2, -0.15) is 0 Å². The molecule has 0 bridgehead atoms. The Hall–Kier alpha value is -3.35. The van der Waals surface area contributed by atoms with Crippen LogP contribution < -0.4 is 20.7 Å². The number of guanidine groups is 1. The van der Waals surface area contributed by atoms with Crippen LogP contribution in [-0.4, -0.2) is 30.9 Å². The molecule has 0 radical (unpaired) electrons. The number of carbonyl (C=O) groups excluding carboxylic acids is 2. The first-order valence-corrected chi connectivity index (χ1v) is 8.76. The summed E-state index contributed by atoms with van der Waals surface area (Å²) in [6, 6.07) is 14.0. The van der Waals surface area contributed by atoms with E-state index in [1.54, 1.807) is 31.4 Å². The molecule has 0 saturated carbocycles. The Labute approximate surface area is 157 Å². The minimum Gasteiger partial charge on any atom is -0.497 e.